The summed E-state index contributed by atoms with van der Waals surface area (Å²) in [7, 11) is 0. The average molecular weight is 474 g/mol. The highest BCUT2D eigenvalue weighted by molar-refractivity contribution is 5.91. The van der Waals surface area contributed by atoms with Gasteiger partial charge in [-0.3, -0.25) is 4.99 Å². The van der Waals surface area contributed by atoms with Gasteiger partial charge in [0.05, 0.1) is 60.1 Å². The normalized spacial score (nSPS) is 14.7. The molecule has 0 saturated carbocycles. The van der Waals surface area contributed by atoms with Crippen molar-refractivity contribution in [2.24, 2.45) is 9.98 Å². The quantitative estimate of drug-likeness (QED) is 0.368. The Hall–Kier alpha value is -5.39. The Labute approximate surface area is 204 Å². The van der Waals surface area contributed by atoms with Gasteiger partial charge in [0, 0.05) is 73.7 Å². The van der Waals surface area contributed by atoms with Gasteiger partial charge in [-0.25, -0.2) is 29.9 Å². The smallest absolute Gasteiger partial charge is 0.116 e. The molecule has 0 amide bonds. The van der Waals surface area contributed by atoms with Crippen molar-refractivity contribution in [1.82, 2.24) is 47.8 Å². The maximum Gasteiger partial charge on any atom is 0.116 e. The molecular weight excluding hydrogens is 456 g/mol. The summed E-state index contributed by atoms with van der Waals surface area (Å²) in [6.07, 6.45) is 30.7. The molecule has 36 heavy (non-hydrogen) atoms. The maximum atomic E-state index is 4.70. The molecule has 0 radical (unpaired) electrons. The Kier molecular flexibility index (Phi) is 4.52. The summed E-state index contributed by atoms with van der Waals surface area (Å²) in [5, 5.41) is 0. The lowest BCUT2D eigenvalue weighted by Gasteiger charge is -2.28. The number of nitrogens with zero attached hydrogens (tertiary/aromatic N) is 12. The second-order valence-corrected chi connectivity index (χ2v) is 8.01. The standard InChI is InChI=1S/C24H18N12/c1-6-32(13-25-1)20-19(18-11-30-12-31-18)21(33-7-2-26-14-33)23(35-9-4-28-16-35)24(36-10-5-29-17-36)22(20)34-8-3-27-15-34/h1-18H. The Morgan fingerprint density at radius 3 is 1.14 bits per heavy atom. The third-order valence-electron chi connectivity index (χ3n) is 6.04. The van der Waals surface area contributed by atoms with Gasteiger partial charge in [-0.1, -0.05) is 0 Å². The van der Waals surface area contributed by atoms with Crippen LogP contribution in [-0.4, -0.2) is 60.3 Å². The predicted octanol–water partition coefficient (Wildman–Crippen LogP) is 2.77. The van der Waals surface area contributed by atoms with Crippen molar-refractivity contribution in [2.75, 3.05) is 0 Å². The zero-order valence-electron chi connectivity index (χ0n) is 18.8. The summed E-state index contributed by atoms with van der Waals surface area (Å²) in [5.41, 5.74) is 5.25. The summed E-state index contributed by atoms with van der Waals surface area (Å²) in [6, 6.07) is -0.346. The molecule has 1 atom stereocenters. The molecule has 0 fully saturated rings. The van der Waals surface area contributed by atoms with Crippen molar-refractivity contribution in [3.8, 4) is 28.4 Å². The zero-order chi connectivity index (χ0) is 23.9. The Morgan fingerprint density at radius 1 is 0.472 bits per heavy atom. The number of aliphatic imine (C=N–C) groups is 2. The van der Waals surface area contributed by atoms with E-state index in [4.69, 9.17) is 4.99 Å². The van der Waals surface area contributed by atoms with Gasteiger partial charge in [-0.15, -0.1) is 0 Å². The Bertz CT molecular complexity index is 1550. The SMILES string of the molecule is C1=NC=NC1c1c(-n2ccnc2)c(-n2ccnc2)c(-n2ccnc2)c(-n2ccnc2)c1-n1ccnc1. The van der Waals surface area contributed by atoms with Gasteiger partial charge in [0.1, 0.15) is 12.4 Å². The lowest BCUT2D eigenvalue weighted by molar-refractivity contribution is 0.859. The molecule has 1 aliphatic rings. The highest BCUT2D eigenvalue weighted by Gasteiger charge is 2.32. The number of rotatable bonds is 6. The molecule has 7 rings (SSSR count). The van der Waals surface area contributed by atoms with Crippen LogP contribution in [-0.2, 0) is 0 Å². The summed E-state index contributed by atoms with van der Waals surface area (Å²) in [6.45, 7) is 0. The molecule has 6 heterocycles. The molecule has 1 aliphatic heterocycles. The number of benzene rings is 1. The monoisotopic (exact) mass is 474 g/mol. The average Bonchev–Trinajstić information content (AvgIpc) is 3.78. The molecule has 0 spiro atoms. The molecule has 0 bridgehead atoms. The van der Waals surface area contributed by atoms with Crippen molar-refractivity contribution in [3.63, 3.8) is 0 Å². The van der Waals surface area contributed by atoms with Gasteiger partial charge >= 0.3 is 0 Å². The molecular formula is C24H18N12. The van der Waals surface area contributed by atoms with Crippen molar-refractivity contribution in [2.45, 2.75) is 6.04 Å². The van der Waals surface area contributed by atoms with Crippen LogP contribution < -0.4 is 0 Å². The van der Waals surface area contributed by atoms with Crippen LogP contribution in [0.4, 0.5) is 0 Å². The van der Waals surface area contributed by atoms with Gasteiger partial charge in [0.2, 0.25) is 0 Å². The van der Waals surface area contributed by atoms with Gasteiger partial charge in [0.15, 0.2) is 0 Å². The topological polar surface area (TPSA) is 114 Å². The van der Waals surface area contributed by atoms with Crippen LogP contribution in [0.15, 0.2) is 104 Å². The minimum atomic E-state index is -0.346. The minimum Gasteiger partial charge on any atom is -0.304 e. The van der Waals surface area contributed by atoms with Crippen LogP contribution in [0.1, 0.15) is 11.6 Å². The summed E-state index contributed by atoms with van der Waals surface area (Å²) < 4.78 is 9.95. The zero-order valence-corrected chi connectivity index (χ0v) is 18.8. The van der Waals surface area contributed by atoms with Gasteiger partial charge in [-0.2, -0.15) is 0 Å². The Balaban J connectivity index is 1.77. The third kappa shape index (κ3) is 3.05. The van der Waals surface area contributed by atoms with E-state index in [1.807, 2.05) is 60.0 Å². The third-order valence-corrected chi connectivity index (χ3v) is 6.04. The highest BCUT2D eigenvalue weighted by Crippen LogP contribution is 2.44. The van der Waals surface area contributed by atoms with Crippen LogP contribution in [0, 0.1) is 0 Å². The molecule has 174 valence electrons. The summed E-state index contributed by atoms with van der Waals surface area (Å²) >= 11 is 0. The van der Waals surface area contributed by atoms with Gasteiger partial charge in [0.25, 0.3) is 0 Å². The van der Waals surface area contributed by atoms with E-state index in [9.17, 15) is 0 Å². The van der Waals surface area contributed by atoms with Gasteiger partial charge in [-0.05, 0) is 0 Å². The maximum absolute atomic E-state index is 4.70. The van der Waals surface area contributed by atoms with Crippen molar-refractivity contribution in [1.29, 1.82) is 0 Å². The molecule has 12 heteroatoms. The largest absolute Gasteiger partial charge is 0.304 e. The first-order valence-corrected chi connectivity index (χ1v) is 11.1. The number of hydrogen-bond donors (Lipinski definition) is 0. The molecule has 12 nitrogen and oxygen atoms in total. The first-order valence-electron chi connectivity index (χ1n) is 11.1. The van der Waals surface area contributed by atoms with E-state index < -0.39 is 0 Å². The number of imidazole rings is 5. The van der Waals surface area contributed by atoms with Gasteiger partial charge < -0.3 is 22.8 Å². The van der Waals surface area contributed by atoms with Crippen LogP contribution in [0.3, 0.4) is 0 Å². The Morgan fingerprint density at radius 2 is 0.833 bits per heavy atom. The first kappa shape index (κ1) is 20.0. The van der Waals surface area contributed by atoms with Crippen LogP contribution in [0.25, 0.3) is 28.4 Å². The van der Waals surface area contributed by atoms with Crippen molar-refractivity contribution in [3.05, 3.63) is 99.2 Å². The fourth-order valence-electron chi connectivity index (χ4n) is 4.62. The summed E-state index contributed by atoms with van der Waals surface area (Å²) in [5.74, 6) is 0. The molecule has 1 aromatic carbocycles. The fraction of sp³-hybridized carbons (Fsp3) is 0.0417. The van der Waals surface area contributed by atoms with Crippen LogP contribution in [0.5, 0.6) is 0 Å². The van der Waals surface area contributed by atoms with E-state index in [1.54, 1.807) is 69.0 Å². The fourth-order valence-corrected chi connectivity index (χ4v) is 4.62. The second-order valence-electron chi connectivity index (χ2n) is 8.01. The minimum absolute atomic E-state index is 0.346. The van der Waals surface area contributed by atoms with E-state index in [0.717, 1.165) is 34.0 Å². The molecule has 5 aromatic heterocycles. The van der Waals surface area contributed by atoms with Crippen LogP contribution >= 0.6 is 0 Å². The lowest BCUT2D eigenvalue weighted by atomic mass is 9.97. The summed E-state index contributed by atoms with van der Waals surface area (Å²) in [4.78, 5) is 30.8. The molecule has 0 aliphatic carbocycles. The molecule has 0 saturated heterocycles. The first-order chi connectivity index (χ1) is 17.9. The lowest BCUT2D eigenvalue weighted by Crippen LogP contribution is -2.19. The van der Waals surface area contributed by atoms with Crippen LogP contribution in [0.2, 0.25) is 0 Å². The predicted molar refractivity (Wildman–Crippen MR) is 132 cm³/mol. The van der Waals surface area contributed by atoms with E-state index in [2.05, 4.69) is 29.9 Å². The molecule has 0 N–H and O–H groups in total. The number of hydrogen-bond acceptors (Lipinski definition) is 7. The second kappa shape index (κ2) is 8.13. The van der Waals surface area contributed by atoms with E-state index in [1.165, 1.54) is 0 Å². The molecule has 6 aromatic rings. The van der Waals surface area contributed by atoms with E-state index in [-0.39, 0.29) is 6.04 Å². The number of aromatic nitrogens is 10. The van der Waals surface area contributed by atoms with E-state index in [0.29, 0.717) is 0 Å². The highest BCUT2D eigenvalue weighted by atomic mass is 15.2. The van der Waals surface area contributed by atoms with Crippen molar-refractivity contribution < 1.29 is 0 Å². The van der Waals surface area contributed by atoms with E-state index >= 15 is 0 Å². The molecule has 1 unspecified atom stereocenters. The van der Waals surface area contributed by atoms with Crippen molar-refractivity contribution >= 4 is 12.6 Å².